The molecule has 8 nitrogen and oxygen atoms in total. The molecular formula is C24H36N6O2. The van der Waals surface area contributed by atoms with Gasteiger partial charge >= 0.3 is 0 Å². The molecule has 1 unspecified atom stereocenters. The first-order valence-electron chi connectivity index (χ1n) is 11.3. The lowest BCUT2D eigenvalue weighted by Crippen LogP contribution is -2.44. The Labute approximate surface area is 191 Å². The zero-order valence-corrected chi connectivity index (χ0v) is 19.7. The fraction of sp³-hybridized carbons (Fsp3) is 0.500. The number of aromatic nitrogens is 1. The van der Waals surface area contributed by atoms with E-state index in [9.17, 15) is 0 Å². The van der Waals surface area contributed by atoms with Crippen LogP contribution in [-0.4, -0.2) is 75.4 Å². The van der Waals surface area contributed by atoms with Crippen LogP contribution in [-0.2, 0) is 6.54 Å². The molecule has 8 heteroatoms. The Balaban J connectivity index is 1.54. The normalized spacial score (nSPS) is 15.9. The van der Waals surface area contributed by atoms with Crippen molar-refractivity contribution in [3.8, 4) is 11.5 Å². The number of methoxy groups -OCH3 is 1. The van der Waals surface area contributed by atoms with Gasteiger partial charge in [-0.15, -0.1) is 0 Å². The number of pyridine rings is 1. The van der Waals surface area contributed by atoms with E-state index in [0.717, 1.165) is 61.6 Å². The van der Waals surface area contributed by atoms with Gasteiger partial charge in [0.2, 0.25) is 0 Å². The summed E-state index contributed by atoms with van der Waals surface area (Å²) >= 11 is 0. The van der Waals surface area contributed by atoms with Crippen LogP contribution in [0.4, 0.5) is 5.82 Å². The zero-order valence-electron chi connectivity index (χ0n) is 19.7. The minimum absolute atomic E-state index is 0.0317. The van der Waals surface area contributed by atoms with Crippen molar-refractivity contribution in [1.82, 2.24) is 20.5 Å². The largest absolute Gasteiger partial charge is 0.497 e. The number of hydrogen-bond donors (Lipinski definition) is 2. The van der Waals surface area contributed by atoms with Gasteiger partial charge in [0.1, 0.15) is 23.4 Å². The number of nitrogens with zero attached hydrogens (tertiary/aromatic N) is 4. The number of benzene rings is 1. The highest BCUT2D eigenvalue weighted by molar-refractivity contribution is 5.79. The van der Waals surface area contributed by atoms with Gasteiger partial charge < -0.3 is 29.9 Å². The number of hydrogen-bond acceptors (Lipinski definition) is 6. The van der Waals surface area contributed by atoms with E-state index < -0.39 is 0 Å². The van der Waals surface area contributed by atoms with Crippen LogP contribution in [0.25, 0.3) is 0 Å². The second kappa shape index (κ2) is 12.1. The maximum atomic E-state index is 6.00. The minimum atomic E-state index is -0.0317. The van der Waals surface area contributed by atoms with Crippen molar-refractivity contribution in [3.05, 3.63) is 48.2 Å². The molecule has 1 aliphatic rings. The number of likely N-dealkylation sites (N-methyl/N-ethyl adjacent to an activating group) is 1. The second-order valence-corrected chi connectivity index (χ2v) is 8.00. The van der Waals surface area contributed by atoms with Crippen LogP contribution in [0, 0.1) is 0 Å². The number of nitrogens with one attached hydrogen (secondary N) is 2. The monoisotopic (exact) mass is 440 g/mol. The summed E-state index contributed by atoms with van der Waals surface area (Å²) < 4.78 is 11.3. The number of guanidine groups is 1. The Bertz CT molecular complexity index is 867. The lowest BCUT2D eigenvalue weighted by Gasteiger charge is -2.33. The predicted molar refractivity (Wildman–Crippen MR) is 130 cm³/mol. The minimum Gasteiger partial charge on any atom is -0.497 e. The maximum absolute atomic E-state index is 6.00. The first-order valence-corrected chi connectivity index (χ1v) is 11.3. The Morgan fingerprint density at radius 3 is 2.66 bits per heavy atom. The Kier molecular flexibility index (Phi) is 8.98. The maximum Gasteiger partial charge on any atom is 0.191 e. The molecule has 0 radical (unpaired) electrons. The van der Waals surface area contributed by atoms with Crippen molar-refractivity contribution < 1.29 is 9.47 Å². The molecule has 0 bridgehead atoms. The average molecular weight is 441 g/mol. The van der Waals surface area contributed by atoms with E-state index in [2.05, 4.69) is 45.5 Å². The Morgan fingerprint density at radius 2 is 1.91 bits per heavy atom. The zero-order chi connectivity index (χ0) is 22.8. The molecule has 3 rings (SSSR count). The molecule has 2 N–H and O–H groups in total. The highest BCUT2D eigenvalue weighted by Crippen LogP contribution is 2.20. The van der Waals surface area contributed by atoms with Gasteiger partial charge in [-0.25, -0.2) is 9.98 Å². The lowest BCUT2D eigenvalue weighted by molar-refractivity contribution is 0.223. The molecule has 0 spiro atoms. The molecule has 2 aromatic rings. The first-order chi connectivity index (χ1) is 15.6. The third-order valence-corrected chi connectivity index (χ3v) is 5.34. The molecule has 32 heavy (non-hydrogen) atoms. The SMILES string of the molecule is CCNC(=NCc1ccnc(N2CCN(C)CC2)c1)NCC(C)Oc1cccc(OC)c1. The van der Waals surface area contributed by atoms with E-state index in [-0.39, 0.29) is 6.10 Å². The van der Waals surface area contributed by atoms with Crippen LogP contribution in [0.2, 0.25) is 0 Å². The predicted octanol–water partition coefficient (Wildman–Crippen LogP) is 2.36. The number of rotatable bonds is 9. The molecule has 0 aliphatic carbocycles. The first kappa shape index (κ1) is 23.7. The van der Waals surface area contributed by atoms with Gasteiger partial charge in [-0.05, 0) is 50.7 Å². The summed E-state index contributed by atoms with van der Waals surface area (Å²) in [6, 6.07) is 11.8. The molecule has 2 heterocycles. The van der Waals surface area contributed by atoms with Crippen molar-refractivity contribution in [2.24, 2.45) is 4.99 Å². The van der Waals surface area contributed by atoms with Gasteiger partial charge in [0.15, 0.2) is 5.96 Å². The third-order valence-electron chi connectivity index (χ3n) is 5.34. The van der Waals surface area contributed by atoms with Crippen molar-refractivity contribution in [2.75, 3.05) is 58.3 Å². The molecule has 0 saturated carbocycles. The molecule has 1 saturated heterocycles. The van der Waals surface area contributed by atoms with Crippen LogP contribution in [0.3, 0.4) is 0 Å². The molecule has 1 aromatic carbocycles. The molecular weight excluding hydrogens is 404 g/mol. The van der Waals surface area contributed by atoms with Gasteiger partial charge in [0.05, 0.1) is 20.2 Å². The highest BCUT2D eigenvalue weighted by Gasteiger charge is 2.15. The van der Waals surface area contributed by atoms with E-state index in [1.54, 1.807) is 7.11 Å². The number of ether oxygens (including phenoxy) is 2. The second-order valence-electron chi connectivity index (χ2n) is 8.00. The number of piperazine rings is 1. The Morgan fingerprint density at radius 1 is 1.12 bits per heavy atom. The summed E-state index contributed by atoms with van der Waals surface area (Å²) in [6.07, 6.45) is 1.85. The topological polar surface area (TPSA) is 74.3 Å². The van der Waals surface area contributed by atoms with Gasteiger partial charge in [-0.3, -0.25) is 0 Å². The van der Waals surface area contributed by atoms with Crippen molar-refractivity contribution in [1.29, 1.82) is 0 Å². The molecule has 1 atom stereocenters. The summed E-state index contributed by atoms with van der Waals surface area (Å²) in [5, 5.41) is 6.68. The summed E-state index contributed by atoms with van der Waals surface area (Å²) in [6.45, 7) is 10.2. The van der Waals surface area contributed by atoms with Crippen LogP contribution in [0.15, 0.2) is 47.6 Å². The van der Waals surface area contributed by atoms with E-state index in [1.807, 2.05) is 43.5 Å². The third kappa shape index (κ3) is 7.30. The van der Waals surface area contributed by atoms with E-state index in [0.29, 0.717) is 13.1 Å². The summed E-state index contributed by atoms with van der Waals surface area (Å²) in [7, 11) is 3.81. The number of anilines is 1. The molecule has 174 valence electrons. The van der Waals surface area contributed by atoms with E-state index in [4.69, 9.17) is 14.5 Å². The smallest absolute Gasteiger partial charge is 0.191 e. The van der Waals surface area contributed by atoms with Crippen LogP contribution in [0.1, 0.15) is 19.4 Å². The van der Waals surface area contributed by atoms with Gasteiger partial charge in [0.25, 0.3) is 0 Å². The summed E-state index contributed by atoms with van der Waals surface area (Å²) in [5.74, 6) is 3.37. The molecule has 0 amide bonds. The van der Waals surface area contributed by atoms with Crippen LogP contribution >= 0.6 is 0 Å². The van der Waals surface area contributed by atoms with Crippen LogP contribution < -0.4 is 25.0 Å². The van der Waals surface area contributed by atoms with E-state index >= 15 is 0 Å². The fourth-order valence-corrected chi connectivity index (χ4v) is 3.47. The van der Waals surface area contributed by atoms with Gasteiger partial charge in [-0.1, -0.05) is 6.07 Å². The van der Waals surface area contributed by atoms with Gasteiger partial charge in [0, 0.05) is 45.0 Å². The quantitative estimate of drug-likeness (QED) is 0.458. The standard InChI is InChI=1S/C24H36N6O2/c1-5-25-24(27-17-19(2)32-22-8-6-7-21(16-22)31-4)28-18-20-9-10-26-23(15-20)30-13-11-29(3)12-14-30/h6-10,15-16,19H,5,11-14,17-18H2,1-4H3,(H2,25,27,28). The summed E-state index contributed by atoms with van der Waals surface area (Å²) in [4.78, 5) is 14.0. The average Bonchev–Trinajstić information content (AvgIpc) is 2.81. The van der Waals surface area contributed by atoms with E-state index in [1.165, 1.54) is 0 Å². The fourth-order valence-electron chi connectivity index (χ4n) is 3.47. The summed E-state index contributed by atoms with van der Waals surface area (Å²) in [5.41, 5.74) is 1.15. The van der Waals surface area contributed by atoms with Crippen molar-refractivity contribution >= 4 is 11.8 Å². The van der Waals surface area contributed by atoms with Gasteiger partial charge in [-0.2, -0.15) is 0 Å². The molecule has 1 aromatic heterocycles. The van der Waals surface area contributed by atoms with Crippen molar-refractivity contribution in [3.63, 3.8) is 0 Å². The highest BCUT2D eigenvalue weighted by atomic mass is 16.5. The molecule has 1 aliphatic heterocycles. The Hall–Kier alpha value is -3.00. The number of aliphatic imine (C=N–C) groups is 1. The van der Waals surface area contributed by atoms with Crippen molar-refractivity contribution in [2.45, 2.75) is 26.5 Å². The molecule has 1 fully saturated rings. The van der Waals surface area contributed by atoms with Crippen LogP contribution in [0.5, 0.6) is 11.5 Å². The lowest BCUT2D eigenvalue weighted by atomic mass is 10.2.